The van der Waals surface area contributed by atoms with Crippen LogP contribution < -0.4 is 5.32 Å². The lowest BCUT2D eigenvalue weighted by molar-refractivity contribution is -0.149. The molecule has 1 amide bonds. The molecule has 1 heterocycles. The summed E-state index contributed by atoms with van der Waals surface area (Å²) >= 11 is 0. The number of carbonyl (C=O) groups excluding carboxylic acids is 1. The Morgan fingerprint density at radius 1 is 1.00 bits per heavy atom. The molecule has 2 N–H and O–H groups in total. The van der Waals surface area contributed by atoms with Gasteiger partial charge in [0.25, 0.3) is 0 Å². The zero-order valence-corrected chi connectivity index (χ0v) is 23.3. The van der Waals surface area contributed by atoms with Gasteiger partial charge in [-0.3, -0.25) is 9.63 Å². The lowest BCUT2D eigenvalue weighted by Crippen LogP contribution is -2.36. The van der Waals surface area contributed by atoms with E-state index in [1.807, 2.05) is 0 Å². The van der Waals surface area contributed by atoms with Crippen LogP contribution in [-0.4, -0.2) is 44.4 Å². The van der Waals surface area contributed by atoms with Gasteiger partial charge in [-0.25, -0.2) is 14.8 Å². The van der Waals surface area contributed by atoms with Crippen LogP contribution in [0, 0.1) is 0 Å². The van der Waals surface area contributed by atoms with Gasteiger partial charge in [0.05, 0.1) is 30.8 Å². The second-order valence-corrected chi connectivity index (χ2v) is 10.1. The summed E-state index contributed by atoms with van der Waals surface area (Å²) in [5, 5.41) is 13.2. The molecule has 3 rings (SSSR count). The topological polar surface area (TPSA) is 114 Å². The Hall–Kier alpha value is -4.19. The third-order valence-electron chi connectivity index (χ3n) is 5.68. The van der Waals surface area contributed by atoms with Gasteiger partial charge in [0, 0.05) is 11.9 Å². The van der Waals surface area contributed by atoms with Gasteiger partial charge in [-0.1, -0.05) is 36.4 Å². The van der Waals surface area contributed by atoms with Crippen LogP contribution >= 0.6 is 0 Å². The van der Waals surface area contributed by atoms with Crippen molar-refractivity contribution >= 4 is 23.7 Å². The number of carboxylic acid groups (broad SMARTS) is 1. The molecule has 3 aromatic rings. The van der Waals surface area contributed by atoms with Crippen LogP contribution in [0.3, 0.4) is 0 Å². The molecule has 2 aromatic carbocycles. The van der Waals surface area contributed by atoms with Gasteiger partial charge >= 0.3 is 18.2 Å². The number of hydrogen-bond donors (Lipinski definition) is 2. The van der Waals surface area contributed by atoms with E-state index in [2.05, 4.69) is 15.3 Å². The number of amides is 1. The largest absolute Gasteiger partial charge is 0.481 e. The molecule has 0 saturated carbocycles. The first-order valence-electron chi connectivity index (χ1n) is 13.0. The van der Waals surface area contributed by atoms with Gasteiger partial charge < -0.3 is 15.2 Å². The highest BCUT2D eigenvalue weighted by molar-refractivity contribution is 5.70. The lowest BCUT2D eigenvalue weighted by Gasteiger charge is -2.26. The number of rotatable bonds is 11. The highest BCUT2D eigenvalue weighted by Gasteiger charge is 2.35. The molecule has 0 atom stereocenters. The number of nitrogens with zero attached hydrogens (tertiary/aromatic N) is 3. The molecule has 220 valence electrons. The van der Waals surface area contributed by atoms with Crippen LogP contribution in [0.5, 0.6) is 0 Å². The summed E-state index contributed by atoms with van der Waals surface area (Å²) < 4.78 is 46.5. The molecule has 0 unspecified atom stereocenters. The number of aliphatic carboxylic acids is 1. The van der Waals surface area contributed by atoms with E-state index in [4.69, 9.17) is 14.7 Å². The van der Waals surface area contributed by atoms with E-state index in [1.54, 1.807) is 76.2 Å². The smallest absolute Gasteiger partial charge is 0.434 e. The minimum absolute atomic E-state index is 0.0238. The molecule has 0 spiro atoms. The summed E-state index contributed by atoms with van der Waals surface area (Å²) in [5.41, 5.74) is 0.571. The zero-order valence-electron chi connectivity index (χ0n) is 23.3. The van der Waals surface area contributed by atoms with Crippen LogP contribution in [0.1, 0.15) is 55.6 Å². The van der Waals surface area contributed by atoms with Crippen LogP contribution in [0.25, 0.3) is 0 Å². The maximum atomic E-state index is 13.7. The van der Waals surface area contributed by atoms with Gasteiger partial charge in [0.1, 0.15) is 5.60 Å². The van der Waals surface area contributed by atoms with Crippen LogP contribution in [0.4, 0.5) is 29.6 Å². The SMILES string of the molecule is CCON(Cc1ccc(Nc2ncc(C(F)(F)F)c(CCc3ccccc3CC(=O)O)n2)cc1)C(=O)OC(C)(C)C. The second-order valence-electron chi connectivity index (χ2n) is 10.1. The Bertz CT molecular complexity index is 1340. The minimum Gasteiger partial charge on any atom is -0.481 e. The molecular formula is C29H33F3N4O5. The average Bonchev–Trinajstić information content (AvgIpc) is 2.87. The number of aromatic nitrogens is 2. The minimum atomic E-state index is -4.66. The molecule has 12 heteroatoms. The first kappa shape index (κ1) is 31.3. The molecule has 0 radical (unpaired) electrons. The highest BCUT2D eigenvalue weighted by Crippen LogP contribution is 2.32. The molecule has 0 aliphatic carbocycles. The van der Waals surface area contributed by atoms with E-state index < -0.39 is 29.4 Å². The number of alkyl halides is 3. The maximum Gasteiger partial charge on any atom is 0.434 e. The Kier molecular flexibility index (Phi) is 10.3. The summed E-state index contributed by atoms with van der Waals surface area (Å²) in [7, 11) is 0. The number of ether oxygens (including phenoxy) is 1. The van der Waals surface area contributed by atoms with Crippen LogP contribution in [0.2, 0.25) is 0 Å². The summed E-state index contributed by atoms with van der Waals surface area (Å²) in [6.45, 7) is 7.39. The number of benzene rings is 2. The van der Waals surface area contributed by atoms with Crippen molar-refractivity contribution in [3.05, 3.63) is 82.7 Å². The number of nitrogens with one attached hydrogen (secondary N) is 1. The number of hydrogen-bond acceptors (Lipinski definition) is 7. The number of hydroxylamine groups is 2. The summed E-state index contributed by atoms with van der Waals surface area (Å²) in [6.07, 6.45) is -4.67. The fourth-order valence-corrected chi connectivity index (χ4v) is 3.91. The summed E-state index contributed by atoms with van der Waals surface area (Å²) in [4.78, 5) is 37.0. The van der Waals surface area contributed by atoms with E-state index in [-0.39, 0.29) is 44.1 Å². The lowest BCUT2D eigenvalue weighted by atomic mass is 9.98. The highest BCUT2D eigenvalue weighted by atomic mass is 19.4. The number of carboxylic acids is 1. The first-order chi connectivity index (χ1) is 19.2. The Labute approximate surface area is 236 Å². The first-order valence-corrected chi connectivity index (χ1v) is 13.0. The second kappa shape index (κ2) is 13.4. The Morgan fingerprint density at radius 2 is 1.66 bits per heavy atom. The third-order valence-corrected chi connectivity index (χ3v) is 5.68. The van der Waals surface area contributed by atoms with Gasteiger partial charge in [0.15, 0.2) is 0 Å². The van der Waals surface area contributed by atoms with Gasteiger partial charge in [-0.05, 0) is 69.4 Å². The molecule has 41 heavy (non-hydrogen) atoms. The maximum absolute atomic E-state index is 13.7. The summed E-state index contributed by atoms with van der Waals surface area (Å²) in [5.74, 6) is -1.05. The molecule has 0 aliphatic rings. The molecular weight excluding hydrogens is 541 g/mol. The fourth-order valence-electron chi connectivity index (χ4n) is 3.91. The van der Waals surface area contributed by atoms with Crippen molar-refractivity contribution in [3.8, 4) is 0 Å². The van der Waals surface area contributed by atoms with Gasteiger partial charge in [0.2, 0.25) is 5.95 Å². The molecule has 1 aromatic heterocycles. The predicted octanol–water partition coefficient (Wildman–Crippen LogP) is 6.34. The number of anilines is 2. The van der Waals surface area contributed by atoms with E-state index in [1.165, 1.54) is 0 Å². The molecule has 0 aliphatic heterocycles. The number of carbonyl (C=O) groups is 2. The van der Waals surface area contributed by atoms with Crippen LogP contribution in [0.15, 0.2) is 54.7 Å². The molecule has 0 bridgehead atoms. The van der Waals surface area contributed by atoms with E-state index in [0.717, 1.165) is 16.8 Å². The monoisotopic (exact) mass is 574 g/mol. The van der Waals surface area contributed by atoms with Crippen molar-refractivity contribution in [3.63, 3.8) is 0 Å². The van der Waals surface area contributed by atoms with E-state index in [0.29, 0.717) is 16.8 Å². The number of halogens is 3. The van der Waals surface area contributed by atoms with Gasteiger partial charge in [-0.15, -0.1) is 0 Å². The standard InChI is InChI=1S/C29H33F3N4O5/c1-5-40-36(27(39)41-28(2,3)4)18-19-10-13-22(14-11-19)34-26-33-17-23(29(30,31)32)24(35-26)15-12-20-8-6-7-9-21(20)16-25(37)38/h6-11,13-14,17H,5,12,15-16,18H2,1-4H3,(H,37,38)(H,33,34,35). The van der Waals surface area contributed by atoms with Crippen LogP contribution in [-0.2, 0) is 46.4 Å². The van der Waals surface area contributed by atoms with E-state index >= 15 is 0 Å². The van der Waals surface area contributed by atoms with Crippen molar-refractivity contribution in [2.75, 3.05) is 11.9 Å². The normalized spacial score (nSPS) is 11.7. The quantitative estimate of drug-likeness (QED) is 0.255. The van der Waals surface area contributed by atoms with Crippen molar-refractivity contribution in [2.24, 2.45) is 0 Å². The van der Waals surface area contributed by atoms with Crippen molar-refractivity contribution in [1.82, 2.24) is 15.0 Å². The fraction of sp³-hybridized carbons (Fsp3) is 0.379. The predicted molar refractivity (Wildman–Crippen MR) is 145 cm³/mol. The third kappa shape index (κ3) is 9.75. The molecule has 0 saturated heterocycles. The average molecular weight is 575 g/mol. The van der Waals surface area contributed by atoms with Crippen molar-refractivity contribution in [1.29, 1.82) is 0 Å². The zero-order chi connectivity index (χ0) is 30.2. The number of aryl methyl sites for hydroxylation is 2. The van der Waals surface area contributed by atoms with Gasteiger partial charge in [-0.2, -0.15) is 18.2 Å². The van der Waals surface area contributed by atoms with E-state index in [9.17, 15) is 22.8 Å². The van der Waals surface area contributed by atoms with Crippen molar-refractivity contribution < 1.29 is 37.4 Å². The molecule has 9 nitrogen and oxygen atoms in total. The molecule has 0 fully saturated rings. The Morgan fingerprint density at radius 3 is 2.24 bits per heavy atom. The Balaban J connectivity index is 1.76. The van der Waals surface area contributed by atoms with Crippen molar-refractivity contribution in [2.45, 2.75) is 65.3 Å². The summed E-state index contributed by atoms with van der Waals surface area (Å²) in [6, 6.07) is 13.5.